The highest BCUT2D eigenvalue weighted by Crippen LogP contribution is 2.07. The van der Waals surface area contributed by atoms with Crippen LogP contribution < -0.4 is 0 Å². The van der Waals surface area contributed by atoms with Crippen LogP contribution in [-0.4, -0.2) is 0 Å². The molecule has 0 nitrogen and oxygen atoms in total. The van der Waals surface area contributed by atoms with Crippen molar-refractivity contribution in [2.45, 2.75) is 69.2 Å². The SMILES string of the molecule is C=C.CC.CC.CC.CC(C)(C)C. The molecule has 0 fully saturated rings. The number of hydrogen-bond donors (Lipinski definition) is 0. The van der Waals surface area contributed by atoms with Crippen molar-refractivity contribution in [2.24, 2.45) is 5.41 Å². The molecule has 0 aliphatic rings. The molecule has 0 amide bonds. The van der Waals surface area contributed by atoms with Crippen LogP contribution in [0.2, 0.25) is 0 Å². The molecule has 0 aromatic rings. The van der Waals surface area contributed by atoms with Crippen molar-refractivity contribution in [3.8, 4) is 0 Å². The summed E-state index contributed by atoms with van der Waals surface area (Å²) in [5, 5.41) is 0. The minimum atomic E-state index is 0.500. The van der Waals surface area contributed by atoms with Gasteiger partial charge in [0.1, 0.15) is 0 Å². The Morgan fingerprint density at radius 3 is 0.538 bits per heavy atom. The molecule has 0 atom stereocenters. The van der Waals surface area contributed by atoms with Crippen molar-refractivity contribution < 1.29 is 0 Å². The maximum Gasteiger partial charge on any atom is -0.0411 e. The second kappa shape index (κ2) is 41.1. The summed E-state index contributed by atoms with van der Waals surface area (Å²) in [6.45, 7) is 26.8. The van der Waals surface area contributed by atoms with E-state index < -0.39 is 0 Å². The predicted octanol–water partition coefficient (Wildman–Crippen LogP) is 5.93. The van der Waals surface area contributed by atoms with Crippen LogP contribution in [0.1, 0.15) is 69.2 Å². The Labute approximate surface area is 88.5 Å². The van der Waals surface area contributed by atoms with E-state index in [4.69, 9.17) is 0 Å². The number of rotatable bonds is 0. The molecule has 0 rings (SSSR count). The Hall–Kier alpha value is -0.260. The van der Waals surface area contributed by atoms with E-state index >= 15 is 0 Å². The van der Waals surface area contributed by atoms with Crippen LogP contribution in [0, 0.1) is 5.41 Å². The molecular weight excluding hydrogens is 156 g/mol. The molecule has 0 spiro atoms. The Balaban J connectivity index is -0.0000000230. The van der Waals surface area contributed by atoms with E-state index in [0.29, 0.717) is 5.41 Å². The lowest BCUT2D eigenvalue weighted by molar-refractivity contribution is 0.469. The average molecular weight is 190 g/mol. The van der Waals surface area contributed by atoms with E-state index in [1.54, 1.807) is 0 Å². The minimum absolute atomic E-state index is 0.500. The van der Waals surface area contributed by atoms with E-state index in [1.807, 2.05) is 41.5 Å². The van der Waals surface area contributed by atoms with Gasteiger partial charge in [0.15, 0.2) is 0 Å². The van der Waals surface area contributed by atoms with Crippen molar-refractivity contribution in [2.75, 3.05) is 0 Å². The quantitative estimate of drug-likeness (QED) is 0.415. The fraction of sp³-hybridized carbons (Fsp3) is 0.846. The lowest BCUT2D eigenvalue weighted by Gasteiger charge is -2.05. The first-order valence-corrected chi connectivity index (χ1v) is 5.50. The molecule has 13 heavy (non-hydrogen) atoms. The zero-order valence-electron chi connectivity index (χ0n) is 11.9. The fourth-order valence-electron chi connectivity index (χ4n) is 0. The van der Waals surface area contributed by atoms with Gasteiger partial charge in [0.2, 0.25) is 0 Å². The normalized spacial score (nSPS) is 6.31. The molecule has 0 N–H and O–H groups in total. The Kier molecular flexibility index (Phi) is 92.7. The summed E-state index contributed by atoms with van der Waals surface area (Å²) >= 11 is 0. The Morgan fingerprint density at radius 1 is 0.538 bits per heavy atom. The van der Waals surface area contributed by atoms with E-state index in [2.05, 4.69) is 40.9 Å². The molecule has 0 radical (unpaired) electrons. The second-order valence-electron chi connectivity index (χ2n) is 3.00. The van der Waals surface area contributed by atoms with Crippen LogP contribution in [0.3, 0.4) is 0 Å². The topological polar surface area (TPSA) is 0 Å². The van der Waals surface area contributed by atoms with Crippen LogP contribution in [0.15, 0.2) is 13.2 Å². The van der Waals surface area contributed by atoms with Gasteiger partial charge in [-0.15, -0.1) is 13.2 Å². The van der Waals surface area contributed by atoms with Gasteiger partial charge in [0.25, 0.3) is 0 Å². The third kappa shape index (κ3) is 16500. The van der Waals surface area contributed by atoms with Crippen LogP contribution in [0.25, 0.3) is 0 Å². The lowest BCUT2D eigenvalue weighted by Crippen LogP contribution is -1.93. The largest absolute Gasteiger partial charge is 0.106 e. The number of hydrogen-bond acceptors (Lipinski definition) is 0. The van der Waals surface area contributed by atoms with Gasteiger partial charge in [0, 0.05) is 0 Å². The van der Waals surface area contributed by atoms with Gasteiger partial charge in [-0.2, -0.15) is 0 Å². The van der Waals surface area contributed by atoms with Crippen molar-refractivity contribution >= 4 is 0 Å². The molecular formula is C13H34. The summed E-state index contributed by atoms with van der Waals surface area (Å²) in [5.41, 5.74) is 0.500. The molecule has 86 valence electrons. The molecule has 0 saturated heterocycles. The van der Waals surface area contributed by atoms with Crippen molar-refractivity contribution in [3.05, 3.63) is 13.2 Å². The molecule has 0 unspecified atom stereocenters. The van der Waals surface area contributed by atoms with Gasteiger partial charge < -0.3 is 0 Å². The summed E-state index contributed by atoms with van der Waals surface area (Å²) in [6, 6.07) is 0. The van der Waals surface area contributed by atoms with E-state index in [1.165, 1.54) is 0 Å². The maximum atomic E-state index is 3.00. The van der Waals surface area contributed by atoms with Crippen molar-refractivity contribution in [1.29, 1.82) is 0 Å². The maximum absolute atomic E-state index is 3.00. The third-order valence-electron chi connectivity index (χ3n) is 0. The minimum Gasteiger partial charge on any atom is -0.106 e. The smallest absolute Gasteiger partial charge is 0.0411 e. The summed E-state index contributed by atoms with van der Waals surface area (Å²) in [4.78, 5) is 0. The van der Waals surface area contributed by atoms with Crippen LogP contribution in [0.5, 0.6) is 0 Å². The molecule has 0 aromatic carbocycles. The van der Waals surface area contributed by atoms with Gasteiger partial charge in [-0.25, -0.2) is 0 Å². The highest BCUT2D eigenvalue weighted by molar-refractivity contribution is 4.47. The Bertz CT molecular complexity index is 23.8. The van der Waals surface area contributed by atoms with Gasteiger partial charge in [-0.3, -0.25) is 0 Å². The predicted molar refractivity (Wildman–Crippen MR) is 70.4 cm³/mol. The molecule has 0 aromatic heterocycles. The zero-order chi connectivity index (χ0) is 12.5. The first-order chi connectivity index (χ1) is 6.00. The third-order valence-corrected chi connectivity index (χ3v) is 0. The van der Waals surface area contributed by atoms with E-state index in [0.717, 1.165) is 0 Å². The Morgan fingerprint density at radius 2 is 0.538 bits per heavy atom. The van der Waals surface area contributed by atoms with Crippen LogP contribution in [-0.2, 0) is 0 Å². The van der Waals surface area contributed by atoms with Crippen molar-refractivity contribution in [3.63, 3.8) is 0 Å². The van der Waals surface area contributed by atoms with Crippen LogP contribution >= 0.6 is 0 Å². The highest BCUT2D eigenvalue weighted by atomic mass is 14.0. The summed E-state index contributed by atoms with van der Waals surface area (Å²) in [7, 11) is 0. The second-order valence-corrected chi connectivity index (χ2v) is 3.00. The molecule has 0 heterocycles. The van der Waals surface area contributed by atoms with Crippen LogP contribution in [0.4, 0.5) is 0 Å². The zero-order valence-corrected chi connectivity index (χ0v) is 11.9. The highest BCUT2D eigenvalue weighted by Gasteiger charge is 1.95. The summed E-state index contributed by atoms with van der Waals surface area (Å²) in [6.07, 6.45) is 0. The van der Waals surface area contributed by atoms with Gasteiger partial charge in [0.05, 0.1) is 0 Å². The first-order valence-electron chi connectivity index (χ1n) is 5.50. The molecule has 0 aliphatic carbocycles. The summed E-state index contributed by atoms with van der Waals surface area (Å²) in [5.74, 6) is 0. The standard InChI is InChI=1S/C5H12.3C2H6.C2H4/c1-5(2,3)4;4*1-2/h1-4H3;3*1-2H3;1-2H2. The molecule has 0 saturated carbocycles. The molecule has 0 aliphatic heterocycles. The first kappa shape index (κ1) is 29.3. The monoisotopic (exact) mass is 190 g/mol. The van der Waals surface area contributed by atoms with E-state index in [9.17, 15) is 0 Å². The van der Waals surface area contributed by atoms with Gasteiger partial charge in [-0.05, 0) is 5.41 Å². The fourth-order valence-corrected chi connectivity index (χ4v) is 0. The average Bonchev–Trinajstić information content (AvgIpc) is 2.14. The van der Waals surface area contributed by atoms with E-state index in [-0.39, 0.29) is 0 Å². The summed E-state index contributed by atoms with van der Waals surface area (Å²) < 4.78 is 0. The van der Waals surface area contributed by atoms with Gasteiger partial charge in [-0.1, -0.05) is 69.2 Å². The lowest BCUT2D eigenvalue weighted by atomic mass is 10.0. The molecule has 0 heteroatoms. The van der Waals surface area contributed by atoms with Crippen molar-refractivity contribution in [1.82, 2.24) is 0 Å². The van der Waals surface area contributed by atoms with Gasteiger partial charge >= 0.3 is 0 Å². The molecule has 0 bridgehead atoms.